The molecule has 3 rings (SSSR count). The molecule has 5 atom stereocenters. The number of benzene rings is 1. The second-order valence-electron chi connectivity index (χ2n) is 12.4. The number of carbonyl (C=O) groups is 1. The molecule has 2 N–H and O–H groups in total. The molecule has 1 aromatic carbocycles. The van der Waals surface area contributed by atoms with Crippen LogP contribution in [0.15, 0.2) is 46.9 Å². The molecule has 2 heterocycles. The van der Waals surface area contributed by atoms with Crippen molar-refractivity contribution in [2.75, 3.05) is 19.8 Å². The van der Waals surface area contributed by atoms with Gasteiger partial charge in [-0.3, -0.25) is 0 Å². The predicted molar refractivity (Wildman–Crippen MR) is 152 cm³/mol. The van der Waals surface area contributed by atoms with Crippen molar-refractivity contribution in [2.45, 2.75) is 90.1 Å². The van der Waals surface area contributed by atoms with E-state index in [2.05, 4.69) is 45.7 Å². The monoisotopic (exact) mass is 545 g/mol. The lowest BCUT2D eigenvalue weighted by atomic mass is 9.90. The molecule has 0 saturated carbocycles. The fraction of sp³-hybridized carbons (Fsp3) is 0.633. The normalized spacial score (nSPS) is 23.6. The van der Waals surface area contributed by atoms with E-state index in [1.54, 1.807) is 0 Å². The first-order valence-corrected chi connectivity index (χ1v) is 17.7. The molecule has 2 aromatic rings. The summed E-state index contributed by atoms with van der Waals surface area (Å²) in [4.78, 5) is 12.0. The molecule has 38 heavy (non-hydrogen) atoms. The third kappa shape index (κ3) is 10.2. The summed E-state index contributed by atoms with van der Waals surface area (Å²) in [7, 11) is -1.21. The van der Waals surface area contributed by atoms with Crippen molar-refractivity contribution in [3.05, 3.63) is 59.5 Å². The van der Waals surface area contributed by atoms with Crippen LogP contribution in [0, 0.1) is 11.8 Å². The Morgan fingerprint density at radius 3 is 2.63 bits per heavy atom. The second-order valence-corrected chi connectivity index (χ2v) is 18.0. The highest BCUT2D eigenvalue weighted by molar-refractivity contribution is 6.76. The van der Waals surface area contributed by atoms with E-state index in [-0.39, 0.29) is 36.6 Å². The maximum absolute atomic E-state index is 12.0. The zero-order chi connectivity index (χ0) is 27.8. The summed E-state index contributed by atoms with van der Waals surface area (Å²) < 4.78 is 23.5. The highest BCUT2D eigenvalue weighted by Gasteiger charge is 2.40. The molecule has 1 saturated heterocycles. The van der Waals surface area contributed by atoms with Gasteiger partial charge in [-0.1, -0.05) is 70.7 Å². The van der Waals surface area contributed by atoms with Gasteiger partial charge in [-0.25, -0.2) is 4.79 Å². The van der Waals surface area contributed by atoms with Crippen molar-refractivity contribution in [3.8, 4) is 0 Å². The first kappa shape index (κ1) is 30.4. The van der Waals surface area contributed by atoms with Gasteiger partial charge in [0.05, 0.1) is 13.2 Å². The quantitative estimate of drug-likeness (QED) is 0.267. The zero-order valence-electron chi connectivity index (χ0n) is 24.0. The van der Waals surface area contributed by atoms with Crippen LogP contribution in [-0.4, -0.2) is 44.8 Å². The third-order valence-electron chi connectivity index (χ3n) is 6.97. The van der Waals surface area contributed by atoms with Crippen molar-refractivity contribution in [1.29, 1.82) is 0 Å². The average molecular weight is 546 g/mol. The van der Waals surface area contributed by atoms with Gasteiger partial charge in [-0.2, -0.15) is 0 Å². The minimum atomic E-state index is -1.35. The number of hydrogen-bond acceptors (Lipinski definition) is 6. The lowest BCUT2D eigenvalue weighted by molar-refractivity contribution is -0.290. The second kappa shape index (κ2) is 13.8. The van der Waals surface area contributed by atoms with E-state index >= 15 is 0 Å². The Balaban J connectivity index is 1.46. The first-order valence-electron chi connectivity index (χ1n) is 13.9. The van der Waals surface area contributed by atoms with E-state index in [4.69, 9.17) is 18.6 Å². The maximum atomic E-state index is 12.0. The maximum Gasteiger partial charge on any atom is 0.407 e. The highest BCUT2D eigenvalue weighted by Crippen LogP contribution is 2.40. The molecule has 0 bridgehead atoms. The molecule has 7 nitrogen and oxygen atoms in total. The lowest BCUT2D eigenvalue weighted by Crippen LogP contribution is -2.44. The topological polar surface area (TPSA) is 90.2 Å². The molecule has 1 fully saturated rings. The molecule has 212 valence electrons. The number of hydrogen-bond donors (Lipinski definition) is 2. The van der Waals surface area contributed by atoms with Crippen LogP contribution in [-0.2, 0) is 20.8 Å². The Hall–Kier alpha value is -2.13. The fourth-order valence-electron chi connectivity index (χ4n) is 4.89. The van der Waals surface area contributed by atoms with Crippen LogP contribution in [0.2, 0.25) is 25.7 Å². The molecular formula is C30H47NO6Si. The minimum absolute atomic E-state index is 0.109. The van der Waals surface area contributed by atoms with Crippen LogP contribution < -0.4 is 5.32 Å². The van der Waals surface area contributed by atoms with Crippen molar-refractivity contribution in [2.24, 2.45) is 11.8 Å². The van der Waals surface area contributed by atoms with Gasteiger partial charge in [0.2, 0.25) is 0 Å². The van der Waals surface area contributed by atoms with Gasteiger partial charge in [0.25, 0.3) is 0 Å². The number of nitrogens with one attached hydrogen (secondary N) is 1. The molecule has 0 spiro atoms. The molecule has 1 unspecified atom stereocenters. The van der Waals surface area contributed by atoms with Crippen molar-refractivity contribution < 1.29 is 28.5 Å². The van der Waals surface area contributed by atoms with E-state index in [9.17, 15) is 9.90 Å². The van der Waals surface area contributed by atoms with E-state index in [1.807, 2.05) is 42.5 Å². The lowest BCUT2D eigenvalue weighted by Gasteiger charge is -2.39. The zero-order valence-corrected chi connectivity index (χ0v) is 25.0. The number of carbonyl (C=O) groups excluding carboxylic acids is 1. The molecule has 1 amide bonds. The number of alkyl carbamates (subject to hydrolysis) is 1. The molecule has 0 aliphatic carbocycles. The van der Waals surface area contributed by atoms with E-state index < -0.39 is 13.9 Å². The van der Waals surface area contributed by atoms with Gasteiger partial charge in [0, 0.05) is 27.0 Å². The summed E-state index contributed by atoms with van der Waals surface area (Å²) in [5.41, 5.74) is 1.06. The smallest absolute Gasteiger partial charge is 0.407 e. The summed E-state index contributed by atoms with van der Waals surface area (Å²) >= 11 is 0. The largest absolute Gasteiger partial charge is 0.463 e. The predicted octanol–water partition coefficient (Wildman–Crippen LogP) is 6.87. The Morgan fingerprint density at radius 1 is 1.18 bits per heavy atom. The summed E-state index contributed by atoms with van der Waals surface area (Å²) in [6, 6.07) is 14.8. The number of furan rings is 1. The molecule has 1 aliphatic heterocycles. The van der Waals surface area contributed by atoms with Gasteiger partial charge in [-0.15, -0.1) is 0 Å². The van der Waals surface area contributed by atoms with Gasteiger partial charge < -0.3 is 29.1 Å². The Morgan fingerprint density at radius 2 is 1.92 bits per heavy atom. The highest BCUT2D eigenvalue weighted by atomic mass is 28.3. The summed E-state index contributed by atoms with van der Waals surface area (Å²) in [6.07, 6.45) is 1.50. The van der Waals surface area contributed by atoms with E-state index in [1.165, 1.54) is 0 Å². The minimum Gasteiger partial charge on any atom is -0.463 e. The average Bonchev–Trinajstić information content (AvgIpc) is 3.33. The summed E-state index contributed by atoms with van der Waals surface area (Å²) in [5.74, 6) is 0.978. The van der Waals surface area contributed by atoms with Gasteiger partial charge in [0.1, 0.15) is 24.2 Å². The first-order chi connectivity index (χ1) is 17.9. The third-order valence-corrected chi connectivity index (χ3v) is 8.68. The molecule has 1 aliphatic rings. The van der Waals surface area contributed by atoms with Crippen LogP contribution in [0.3, 0.4) is 0 Å². The van der Waals surface area contributed by atoms with Crippen molar-refractivity contribution >= 4 is 14.2 Å². The summed E-state index contributed by atoms with van der Waals surface area (Å²) in [5, 5.41) is 14.0. The number of ether oxygens (including phenoxy) is 3. The standard InChI is InChI=1S/C30H47NO6Si/c1-22-17-28(37-30(33,18-22)21-34-20-25-10-8-7-9-11-25)27-13-12-26(36-27)24(3)16-23(2)19-31-29(32)35-14-15-38(4,5)6/h7-13,22-24,28,33H,14-21H2,1-6H3,(H,31,32)/t22-,23+,24-,28+,30?/m0/s1. The Labute approximate surface area is 229 Å². The number of aliphatic hydroxyl groups is 1. The molecule has 1 aromatic heterocycles. The SMILES string of the molecule is C[C@@H](CNC(=O)OCC[Si](C)(C)C)C[C@H](C)c1ccc([C@H]2C[C@H](C)CC(O)(COCc3ccccc3)O2)o1. The van der Waals surface area contributed by atoms with Crippen LogP contribution >= 0.6 is 0 Å². The van der Waals surface area contributed by atoms with Gasteiger partial charge in [0.15, 0.2) is 5.79 Å². The number of rotatable bonds is 13. The van der Waals surface area contributed by atoms with Crippen LogP contribution in [0.4, 0.5) is 4.79 Å². The number of amides is 1. The van der Waals surface area contributed by atoms with Gasteiger partial charge in [-0.05, 0) is 48.4 Å². The molecule has 8 heteroatoms. The van der Waals surface area contributed by atoms with Crippen LogP contribution in [0.25, 0.3) is 0 Å². The van der Waals surface area contributed by atoms with Gasteiger partial charge >= 0.3 is 6.09 Å². The molecule has 0 radical (unpaired) electrons. The fourth-order valence-corrected chi connectivity index (χ4v) is 5.61. The molecular weight excluding hydrogens is 498 g/mol. The van der Waals surface area contributed by atoms with E-state index in [0.29, 0.717) is 26.2 Å². The Kier molecular flexibility index (Phi) is 11.0. The van der Waals surface area contributed by atoms with E-state index in [0.717, 1.165) is 36.0 Å². The van der Waals surface area contributed by atoms with Crippen molar-refractivity contribution in [3.63, 3.8) is 0 Å². The van der Waals surface area contributed by atoms with Crippen molar-refractivity contribution in [1.82, 2.24) is 5.32 Å². The Bertz CT molecular complexity index is 990. The summed E-state index contributed by atoms with van der Waals surface area (Å²) in [6.45, 7) is 14.7. The van der Waals surface area contributed by atoms with Crippen LogP contribution in [0.1, 0.15) is 69.1 Å². The van der Waals surface area contributed by atoms with Crippen LogP contribution in [0.5, 0.6) is 0 Å².